The van der Waals surface area contributed by atoms with E-state index in [0.717, 1.165) is 43.0 Å². The average Bonchev–Trinajstić information content (AvgIpc) is 3.43. The van der Waals surface area contributed by atoms with E-state index >= 15 is 0 Å². The smallest absolute Gasteiger partial charge is 0.229 e. The van der Waals surface area contributed by atoms with Crippen LogP contribution in [0.5, 0.6) is 0 Å². The van der Waals surface area contributed by atoms with E-state index in [1.54, 1.807) is 6.33 Å². The Morgan fingerprint density at radius 3 is 2.65 bits per heavy atom. The number of benzene rings is 1. The molecule has 9 nitrogen and oxygen atoms in total. The number of nitrogens with zero attached hydrogens (tertiary/aromatic N) is 6. The summed E-state index contributed by atoms with van der Waals surface area (Å²) in [5.74, 6) is 1.65. The first-order valence-corrected chi connectivity index (χ1v) is 10.9. The van der Waals surface area contributed by atoms with E-state index in [4.69, 9.17) is 14.7 Å². The Labute approximate surface area is 181 Å². The van der Waals surface area contributed by atoms with Gasteiger partial charge in [0, 0.05) is 45.7 Å². The number of ether oxygens (including phenoxy) is 1. The molecule has 2 fully saturated rings. The summed E-state index contributed by atoms with van der Waals surface area (Å²) >= 11 is 0. The number of rotatable bonds is 7. The molecule has 162 valence electrons. The molecule has 3 aromatic rings. The molecule has 2 aliphatic heterocycles. The Balaban J connectivity index is 1.43. The third-order valence-corrected chi connectivity index (χ3v) is 5.83. The summed E-state index contributed by atoms with van der Waals surface area (Å²) in [6.45, 7) is 5.71. The summed E-state index contributed by atoms with van der Waals surface area (Å²) in [6, 6.07) is 10.2. The maximum absolute atomic E-state index is 12.0. The largest absolute Gasteiger partial charge is 0.378 e. The van der Waals surface area contributed by atoms with Crippen LogP contribution in [0.4, 0.5) is 11.8 Å². The highest BCUT2D eigenvalue weighted by Crippen LogP contribution is 2.24. The highest BCUT2D eigenvalue weighted by molar-refractivity contribution is 5.84. The van der Waals surface area contributed by atoms with Crippen molar-refractivity contribution in [3.63, 3.8) is 0 Å². The van der Waals surface area contributed by atoms with Crippen LogP contribution in [0.15, 0.2) is 36.7 Å². The van der Waals surface area contributed by atoms with Gasteiger partial charge in [-0.2, -0.15) is 9.97 Å². The van der Waals surface area contributed by atoms with Crippen LogP contribution in [-0.4, -0.2) is 69.7 Å². The summed E-state index contributed by atoms with van der Waals surface area (Å²) in [6.07, 6.45) is 3.40. The molecule has 9 heteroatoms. The van der Waals surface area contributed by atoms with Crippen molar-refractivity contribution in [1.82, 2.24) is 24.4 Å². The van der Waals surface area contributed by atoms with Crippen molar-refractivity contribution in [1.29, 1.82) is 0 Å². The fraction of sp³-hybridized carbons (Fsp3) is 0.455. The molecule has 1 N–H and O–H groups in total. The van der Waals surface area contributed by atoms with Gasteiger partial charge in [0.15, 0.2) is 17.0 Å². The monoisotopic (exact) mass is 421 g/mol. The minimum absolute atomic E-state index is 0.235. The summed E-state index contributed by atoms with van der Waals surface area (Å²) < 4.78 is 7.52. The SMILES string of the molecule is O=C1CCCN1CCn1cnc2c(NCc3ccccc3)nc(N3CCOCC3)nc21. The quantitative estimate of drug-likeness (QED) is 0.623. The van der Waals surface area contributed by atoms with E-state index in [0.29, 0.717) is 45.2 Å². The molecular formula is C22H27N7O2. The molecule has 0 unspecified atom stereocenters. The molecular weight excluding hydrogens is 394 g/mol. The standard InChI is InChI=1S/C22H27N7O2/c30-18-7-4-8-27(18)9-10-29-16-24-19-20(23-15-17-5-2-1-3-6-17)25-22(26-21(19)29)28-11-13-31-14-12-28/h1-3,5-6,16H,4,7-15H2,(H,23,25,26). The first kappa shape index (κ1) is 19.7. The van der Waals surface area contributed by atoms with Crippen LogP contribution in [0.25, 0.3) is 11.2 Å². The molecule has 0 saturated carbocycles. The second-order valence-corrected chi connectivity index (χ2v) is 7.91. The van der Waals surface area contributed by atoms with E-state index < -0.39 is 0 Å². The number of hydrogen-bond donors (Lipinski definition) is 1. The molecule has 4 heterocycles. The lowest BCUT2D eigenvalue weighted by molar-refractivity contribution is -0.127. The van der Waals surface area contributed by atoms with Gasteiger partial charge in [0.25, 0.3) is 0 Å². The van der Waals surface area contributed by atoms with Gasteiger partial charge in [0.05, 0.1) is 19.5 Å². The van der Waals surface area contributed by atoms with Gasteiger partial charge in [0.1, 0.15) is 0 Å². The number of morpholine rings is 1. The number of imidazole rings is 1. The normalized spacial score (nSPS) is 17.0. The summed E-state index contributed by atoms with van der Waals surface area (Å²) in [5.41, 5.74) is 2.72. The van der Waals surface area contributed by atoms with Gasteiger partial charge in [-0.15, -0.1) is 0 Å². The van der Waals surface area contributed by atoms with Gasteiger partial charge in [-0.05, 0) is 12.0 Å². The summed E-state index contributed by atoms with van der Waals surface area (Å²) in [4.78, 5) is 30.3. The number of anilines is 2. The number of carbonyl (C=O) groups is 1. The van der Waals surface area contributed by atoms with Crippen molar-refractivity contribution in [3.8, 4) is 0 Å². The van der Waals surface area contributed by atoms with Crippen LogP contribution in [0.1, 0.15) is 18.4 Å². The summed E-state index contributed by atoms with van der Waals surface area (Å²) in [5, 5.41) is 3.45. The van der Waals surface area contributed by atoms with Crippen LogP contribution in [0.3, 0.4) is 0 Å². The third kappa shape index (κ3) is 4.32. The van der Waals surface area contributed by atoms with E-state index in [1.165, 1.54) is 5.56 Å². The lowest BCUT2D eigenvalue weighted by Crippen LogP contribution is -2.37. The van der Waals surface area contributed by atoms with Crippen molar-refractivity contribution in [2.45, 2.75) is 25.9 Å². The predicted octanol–water partition coefficient (Wildman–Crippen LogP) is 1.90. The first-order valence-electron chi connectivity index (χ1n) is 10.9. The van der Waals surface area contributed by atoms with Crippen molar-refractivity contribution in [3.05, 3.63) is 42.2 Å². The fourth-order valence-electron chi connectivity index (χ4n) is 4.07. The molecule has 2 saturated heterocycles. The maximum Gasteiger partial charge on any atom is 0.229 e. The molecule has 1 aromatic carbocycles. The predicted molar refractivity (Wildman–Crippen MR) is 118 cm³/mol. The number of nitrogens with one attached hydrogen (secondary N) is 1. The Morgan fingerprint density at radius 2 is 1.87 bits per heavy atom. The third-order valence-electron chi connectivity index (χ3n) is 5.83. The van der Waals surface area contributed by atoms with Crippen LogP contribution in [-0.2, 0) is 22.6 Å². The van der Waals surface area contributed by atoms with Gasteiger partial charge in [0.2, 0.25) is 11.9 Å². The second-order valence-electron chi connectivity index (χ2n) is 7.91. The van der Waals surface area contributed by atoms with Crippen molar-refractivity contribution in [2.75, 3.05) is 49.6 Å². The molecule has 2 aliphatic rings. The van der Waals surface area contributed by atoms with Crippen molar-refractivity contribution in [2.24, 2.45) is 0 Å². The zero-order valence-corrected chi connectivity index (χ0v) is 17.5. The van der Waals surface area contributed by atoms with E-state index in [-0.39, 0.29) is 5.91 Å². The molecule has 0 spiro atoms. The number of likely N-dealkylation sites (tertiary alicyclic amines) is 1. The summed E-state index contributed by atoms with van der Waals surface area (Å²) in [7, 11) is 0. The Morgan fingerprint density at radius 1 is 1.03 bits per heavy atom. The molecule has 0 aliphatic carbocycles. The molecule has 5 rings (SSSR count). The van der Waals surface area contributed by atoms with E-state index in [9.17, 15) is 4.79 Å². The van der Waals surface area contributed by atoms with Gasteiger partial charge < -0.3 is 24.4 Å². The first-order chi connectivity index (χ1) is 15.3. The molecule has 31 heavy (non-hydrogen) atoms. The topological polar surface area (TPSA) is 88.4 Å². The van der Waals surface area contributed by atoms with Crippen LogP contribution < -0.4 is 10.2 Å². The van der Waals surface area contributed by atoms with Crippen LogP contribution >= 0.6 is 0 Å². The van der Waals surface area contributed by atoms with Crippen molar-refractivity contribution >= 4 is 28.8 Å². The van der Waals surface area contributed by atoms with E-state index in [2.05, 4.69) is 27.3 Å². The van der Waals surface area contributed by atoms with Crippen molar-refractivity contribution < 1.29 is 9.53 Å². The Kier molecular flexibility index (Phi) is 5.66. The highest BCUT2D eigenvalue weighted by atomic mass is 16.5. The van der Waals surface area contributed by atoms with Gasteiger partial charge in [-0.1, -0.05) is 30.3 Å². The zero-order chi connectivity index (χ0) is 21.0. The number of fused-ring (bicyclic) bond motifs is 1. The minimum atomic E-state index is 0.235. The average molecular weight is 422 g/mol. The number of carbonyl (C=O) groups excluding carboxylic acids is 1. The maximum atomic E-state index is 12.0. The second kappa shape index (κ2) is 8.89. The lowest BCUT2D eigenvalue weighted by atomic mass is 10.2. The number of amides is 1. The minimum Gasteiger partial charge on any atom is -0.378 e. The lowest BCUT2D eigenvalue weighted by Gasteiger charge is -2.27. The molecule has 0 atom stereocenters. The Bertz CT molecular complexity index is 1050. The number of hydrogen-bond acceptors (Lipinski definition) is 7. The van der Waals surface area contributed by atoms with Gasteiger partial charge in [-0.3, -0.25) is 4.79 Å². The van der Waals surface area contributed by atoms with Gasteiger partial charge >= 0.3 is 0 Å². The molecule has 0 bridgehead atoms. The molecule has 1 amide bonds. The molecule has 0 radical (unpaired) electrons. The molecule has 2 aromatic heterocycles. The number of aromatic nitrogens is 4. The van der Waals surface area contributed by atoms with Crippen LogP contribution in [0.2, 0.25) is 0 Å². The fourth-order valence-corrected chi connectivity index (χ4v) is 4.07. The highest BCUT2D eigenvalue weighted by Gasteiger charge is 2.22. The zero-order valence-electron chi connectivity index (χ0n) is 17.5. The Hall–Kier alpha value is -3.20. The van der Waals surface area contributed by atoms with Crippen LogP contribution in [0, 0.1) is 0 Å². The van der Waals surface area contributed by atoms with Gasteiger partial charge in [-0.25, -0.2) is 4.98 Å². The van der Waals surface area contributed by atoms with E-state index in [1.807, 2.05) is 27.7 Å².